The van der Waals surface area contributed by atoms with Gasteiger partial charge in [-0.25, -0.2) is 0 Å². The first-order valence-corrected chi connectivity index (χ1v) is 8.38. The maximum atomic E-state index is 12.7. The highest BCUT2D eigenvalue weighted by Crippen LogP contribution is 2.39. The molecule has 1 unspecified atom stereocenters. The Labute approximate surface area is 151 Å². The molecule has 1 aromatic heterocycles. The summed E-state index contributed by atoms with van der Waals surface area (Å²) in [7, 11) is 1.55. The molecule has 0 aliphatic carbocycles. The quantitative estimate of drug-likeness (QED) is 0.864. The Kier molecular flexibility index (Phi) is 5.02. The Morgan fingerprint density at radius 3 is 2.73 bits per heavy atom. The zero-order valence-electron chi connectivity index (χ0n) is 14.7. The van der Waals surface area contributed by atoms with Crippen LogP contribution in [0, 0.1) is 0 Å². The molecule has 2 aromatic rings. The fourth-order valence-electron chi connectivity index (χ4n) is 3.12. The number of rotatable bonds is 6. The number of pyridine rings is 1. The molecule has 6 nitrogen and oxygen atoms in total. The van der Waals surface area contributed by atoms with E-state index in [9.17, 15) is 14.7 Å². The lowest BCUT2D eigenvalue weighted by Crippen LogP contribution is -2.31. The molecule has 1 atom stereocenters. The van der Waals surface area contributed by atoms with Gasteiger partial charge in [0.25, 0.3) is 5.91 Å². The van der Waals surface area contributed by atoms with E-state index in [0.29, 0.717) is 17.0 Å². The van der Waals surface area contributed by atoms with Crippen LogP contribution in [0.4, 0.5) is 0 Å². The lowest BCUT2D eigenvalue weighted by molar-refractivity contribution is -0.130. The highest BCUT2D eigenvalue weighted by molar-refractivity contribution is 6.08. The first-order chi connectivity index (χ1) is 12.6. The van der Waals surface area contributed by atoms with Crippen molar-refractivity contribution in [3.05, 3.63) is 71.3 Å². The van der Waals surface area contributed by atoms with Crippen molar-refractivity contribution in [1.29, 1.82) is 0 Å². The Morgan fingerprint density at radius 1 is 1.27 bits per heavy atom. The zero-order valence-corrected chi connectivity index (χ0v) is 14.7. The largest absolute Gasteiger partial charge is 0.503 e. The number of aliphatic hydroxyl groups is 1. The number of hydrogen-bond donors (Lipinski definition) is 1. The molecule has 134 valence electrons. The number of aliphatic hydroxyl groups excluding tert-OH is 1. The number of amides is 1. The molecule has 0 saturated heterocycles. The summed E-state index contributed by atoms with van der Waals surface area (Å²) in [5, 5.41) is 10.4. The van der Waals surface area contributed by atoms with Crippen molar-refractivity contribution in [3.8, 4) is 5.75 Å². The summed E-state index contributed by atoms with van der Waals surface area (Å²) < 4.78 is 5.26. The molecule has 1 aliphatic rings. The topological polar surface area (TPSA) is 79.7 Å². The summed E-state index contributed by atoms with van der Waals surface area (Å²) in [5.41, 5.74) is 1.50. The van der Waals surface area contributed by atoms with Crippen molar-refractivity contribution in [3.63, 3.8) is 0 Å². The highest BCUT2D eigenvalue weighted by atomic mass is 16.5. The third kappa shape index (κ3) is 3.18. The molecule has 26 heavy (non-hydrogen) atoms. The molecule has 0 bridgehead atoms. The van der Waals surface area contributed by atoms with Gasteiger partial charge in [-0.15, -0.1) is 0 Å². The van der Waals surface area contributed by atoms with Crippen molar-refractivity contribution < 1.29 is 19.4 Å². The van der Waals surface area contributed by atoms with Crippen LogP contribution in [-0.4, -0.2) is 33.8 Å². The number of hydrogen-bond acceptors (Lipinski definition) is 5. The van der Waals surface area contributed by atoms with E-state index < -0.39 is 17.7 Å². The van der Waals surface area contributed by atoms with Gasteiger partial charge in [-0.1, -0.05) is 25.1 Å². The number of benzene rings is 1. The average molecular weight is 352 g/mol. The van der Waals surface area contributed by atoms with Crippen molar-refractivity contribution in [2.75, 3.05) is 7.11 Å². The Bertz CT molecular complexity index is 861. The van der Waals surface area contributed by atoms with Crippen LogP contribution in [0.1, 0.15) is 30.6 Å². The van der Waals surface area contributed by atoms with Crippen molar-refractivity contribution >= 4 is 11.7 Å². The first kappa shape index (κ1) is 17.7. The highest BCUT2D eigenvalue weighted by Gasteiger charge is 2.43. The molecule has 1 amide bonds. The summed E-state index contributed by atoms with van der Waals surface area (Å²) in [6, 6.07) is 11.9. The van der Waals surface area contributed by atoms with E-state index in [1.807, 2.05) is 12.1 Å². The van der Waals surface area contributed by atoms with Gasteiger partial charge in [-0.05, 0) is 29.8 Å². The minimum Gasteiger partial charge on any atom is -0.503 e. The van der Waals surface area contributed by atoms with E-state index >= 15 is 0 Å². The van der Waals surface area contributed by atoms with Crippen LogP contribution in [0.3, 0.4) is 0 Å². The zero-order chi connectivity index (χ0) is 18.7. The summed E-state index contributed by atoms with van der Waals surface area (Å²) in [4.78, 5) is 30.9. The van der Waals surface area contributed by atoms with Gasteiger partial charge in [0, 0.05) is 12.6 Å². The van der Waals surface area contributed by atoms with Gasteiger partial charge in [0.15, 0.2) is 11.5 Å². The maximum Gasteiger partial charge on any atom is 0.290 e. The Hall–Kier alpha value is -3.15. The number of carbonyl (C=O) groups excluding carboxylic acids is 2. The predicted octanol–water partition coefficient (Wildman–Crippen LogP) is 2.96. The van der Waals surface area contributed by atoms with E-state index in [2.05, 4.69) is 4.98 Å². The standard InChI is InChI=1S/C20H20N2O4/c1-3-16(23)17-18(13-7-6-9-15(11-13)26-2)22(20(25)19(17)24)12-14-8-4-5-10-21-14/h4-11,18,24H,3,12H2,1-2H3. The van der Waals surface area contributed by atoms with Gasteiger partial charge in [-0.2, -0.15) is 0 Å². The summed E-state index contributed by atoms with van der Waals surface area (Å²) in [6.45, 7) is 1.89. The molecular formula is C20H20N2O4. The lowest BCUT2D eigenvalue weighted by atomic mass is 9.95. The third-order valence-corrected chi connectivity index (χ3v) is 4.39. The minimum absolute atomic E-state index is 0.127. The van der Waals surface area contributed by atoms with Crippen LogP contribution in [0.2, 0.25) is 0 Å². The smallest absolute Gasteiger partial charge is 0.290 e. The predicted molar refractivity (Wildman–Crippen MR) is 95.5 cm³/mol. The number of methoxy groups -OCH3 is 1. The molecule has 6 heteroatoms. The molecular weight excluding hydrogens is 332 g/mol. The van der Waals surface area contributed by atoms with E-state index in [1.54, 1.807) is 50.6 Å². The number of ketones is 1. The van der Waals surface area contributed by atoms with Crippen LogP contribution in [-0.2, 0) is 16.1 Å². The van der Waals surface area contributed by atoms with Crippen LogP contribution in [0.15, 0.2) is 60.0 Å². The van der Waals surface area contributed by atoms with E-state index in [0.717, 1.165) is 0 Å². The van der Waals surface area contributed by atoms with Crippen LogP contribution >= 0.6 is 0 Å². The minimum atomic E-state index is -0.674. The second-order valence-electron chi connectivity index (χ2n) is 5.97. The Balaban J connectivity index is 2.07. The molecule has 0 saturated carbocycles. The number of ether oxygens (including phenoxy) is 1. The molecule has 1 N–H and O–H groups in total. The maximum absolute atomic E-state index is 12.7. The lowest BCUT2D eigenvalue weighted by Gasteiger charge is -2.26. The average Bonchev–Trinajstić information content (AvgIpc) is 2.93. The molecule has 1 aromatic carbocycles. The van der Waals surface area contributed by atoms with Gasteiger partial charge < -0.3 is 14.7 Å². The second-order valence-corrected chi connectivity index (χ2v) is 5.97. The van der Waals surface area contributed by atoms with E-state index in [-0.39, 0.29) is 24.3 Å². The van der Waals surface area contributed by atoms with Crippen LogP contribution < -0.4 is 4.74 Å². The molecule has 2 heterocycles. The van der Waals surface area contributed by atoms with Crippen LogP contribution in [0.5, 0.6) is 5.75 Å². The first-order valence-electron chi connectivity index (χ1n) is 8.38. The fourth-order valence-corrected chi connectivity index (χ4v) is 3.12. The number of carbonyl (C=O) groups is 2. The van der Waals surface area contributed by atoms with Gasteiger partial charge in [0.05, 0.1) is 31.0 Å². The normalized spacial score (nSPS) is 16.9. The summed E-state index contributed by atoms with van der Waals surface area (Å²) in [6.07, 6.45) is 1.84. The Morgan fingerprint density at radius 2 is 2.08 bits per heavy atom. The van der Waals surface area contributed by atoms with E-state index in [4.69, 9.17) is 4.74 Å². The van der Waals surface area contributed by atoms with Gasteiger partial charge >= 0.3 is 0 Å². The summed E-state index contributed by atoms with van der Waals surface area (Å²) >= 11 is 0. The molecule has 1 aliphatic heterocycles. The van der Waals surface area contributed by atoms with Crippen molar-refractivity contribution in [1.82, 2.24) is 9.88 Å². The SMILES string of the molecule is CCC(=O)C1=C(O)C(=O)N(Cc2ccccn2)C1c1cccc(OC)c1. The van der Waals surface area contributed by atoms with E-state index in [1.165, 1.54) is 4.90 Å². The number of aromatic nitrogens is 1. The van der Waals surface area contributed by atoms with Gasteiger partial charge in [0.2, 0.25) is 0 Å². The number of nitrogens with zero attached hydrogens (tertiary/aromatic N) is 2. The fraction of sp³-hybridized carbons (Fsp3) is 0.250. The van der Waals surface area contributed by atoms with Crippen LogP contribution in [0.25, 0.3) is 0 Å². The third-order valence-electron chi connectivity index (χ3n) is 4.39. The van der Waals surface area contributed by atoms with Crippen molar-refractivity contribution in [2.45, 2.75) is 25.9 Å². The van der Waals surface area contributed by atoms with Crippen molar-refractivity contribution in [2.24, 2.45) is 0 Å². The monoisotopic (exact) mass is 352 g/mol. The second kappa shape index (κ2) is 7.39. The molecule has 3 rings (SSSR count). The summed E-state index contributed by atoms with van der Waals surface area (Å²) in [5.74, 6) is -0.699. The molecule has 0 spiro atoms. The number of Topliss-reactive ketones (excluding diaryl/α,β-unsaturated/α-hetero) is 1. The van der Waals surface area contributed by atoms with Gasteiger partial charge in [0.1, 0.15) is 5.75 Å². The molecule has 0 radical (unpaired) electrons. The molecule has 0 fully saturated rings. The van der Waals surface area contributed by atoms with Gasteiger partial charge in [-0.3, -0.25) is 14.6 Å².